The van der Waals surface area contributed by atoms with Crippen molar-refractivity contribution in [3.8, 4) is 0 Å². The number of nitrogens with one attached hydrogen (secondary N) is 1. The molecule has 0 saturated carbocycles. The molecule has 1 aromatic heterocycles. The molecule has 0 bridgehead atoms. The first-order valence-electron chi connectivity index (χ1n) is 3.49. The molecule has 0 aliphatic heterocycles. The Morgan fingerprint density at radius 1 is 1.73 bits per heavy atom. The number of nitrogens with zero attached hydrogens (tertiary/aromatic N) is 2. The molecule has 1 aromatic rings. The lowest BCUT2D eigenvalue weighted by molar-refractivity contribution is 0.801. The Labute approximate surface area is 70.0 Å². The molecule has 11 heavy (non-hydrogen) atoms. The average Bonchev–Trinajstić information content (AvgIpc) is 2.35. The highest BCUT2D eigenvalue weighted by Gasteiger charge is 2.02. The van der Waals surface area contributed by atoms with E-state index in [-0.39, 0.29) is 6.04 Å². The number of aryl methyl sites for hydroxylation is 1. The van der Waals surface area contributed by atoms with Crippen LogP contribution in [0.5, 0.6) is 0 Å². The van der Waals surface area contributed by atoms with Crippen LogP contribution in [0.2, 0.25) is 0 Å². The number of aromatic nitrogens is 2. The highest BCUT2D eigenvalue weighted by atomic mass is 32.1. The van der Waals surface area contributed by atoms with Gasteiger partial charge in [0.15, 0.2) is 0 Å². The van der Waals surface area contributed by atoms with Crippen LogP contribution in [-0.4, -0.2) is 21.9 Å². The molecule has 1 heterocycles. The first kappa shape index (κ1) is 8.42. The summed E-state index contributed by atoms with van der Waals surface area (Å²) in [6, 6.07) is 0.266. The maximum atomic E-state index is 5.42. The van der Waals surface area contributed by atoms with Crippen molar-refractivity contribution in [2.75, 3.05) is 11.9 Å². The number of hydrogen-bond donors (Lipinski definition) is 2. The zero-order valence-corrected chi connectivity index (χ0v) is 7.48. The van der Waals surface area contributed by atoms with E-state index < -0.39 is 0 Å². The molecular weight excluding hydrogens is 160 g/mol. The molecular formula is C6H12N4S. The van der Waals surface area contributed by atoms with Gasteiger partial charge in [-0.15, -0.1) is 0 Å². The molecule has 62 valence electrons. The fourth-order valence-electron chi connectivity index (χ4n) is 0.625. The van der Waals surface area contributed by atoms with E-state index >= 15 is 0 Å². The maximum absolute atomic E-state index is 5.42. The van der Waals surface area contributed by atoms with Gasteiger partial charge in [0.2, 0.25) is 5.13 Å². The standard InChI is InChI=1S/C6H12N4S/c1-4(3-7)8-6-9-5(2)10-11-6/h4H,3,7H2,1-2H3,(H,8,9,10). The summed E-state index contributed by atoms with van der Waals surface area (Å²) in [6.45, 7) is 4.49. The van der Waals surface area contributed by atoms with Crippen LogP contribution >= 0.6 is 11.5 Å². The van der Waals surface area contributed by atoms with Gasteiger partial charge in [-0.3, -0.25) is 0 Å². The smallest absolute Gasteiger partial charge is 0.202 e. The van der Waals surface area contributed by atoms with Crippen molar-refractivity contribution < 1.29 is 0 Å². The molecule has 0 aliphatic rings. The van der Waals surface area contributed by atoms with Crippen molar-refractivity contribution in [2.24, 2.45) is 5.73 Å². The first-order valence-corrected chi connectivity index (χ1v) is 4.26. The summed E-state index contributed by atoms with van der Waals surface area (Å²) in [5.41, 5.74) is 5.42. The molecule has 1 atom stereocenters. The second-order valence-electron chi connectivity index (χ2n) is 2.43. The van der Waals surface area contributed by atoms with Crippen molar-refractivity contribution in [2.45, 2.75) is 19.9 Å². The molecule has 3 N–H and O–H groups in total. The Morgan fingerprint density at radius 3 is 2.91 bits per heavy atom. The van der Waals surface area contributed by atoms with Crippen molar-refractivity contribution in [3.63, 3.8) is 0 Å². The van der Waals surface area contributed by atoms with Gasteiger partial charge in [0, 0.05) is 24.1 Å². The number of nitrogens with two attached hydrogens (primary N) is 1. The minimum Gasteiger partial charge on any atom is -0.357 e. The SMILES string of the molecule is Cc1nsc(NC(C)CN)n1. The molecule has 1 unspecified atom stereocenters. The van der Waals surface area contributed by atoms with Crippen LogP contribution in [0.1, 0.15) is 12.7 Å². The van der Waals surface area contributed by atoms with Gasteiger partial charge in [0.25, 0.3) is 0 Å². The highest BCUT2D eigenvalue weighted by Crippen LogP contribution is 2.10. The molecule has 1 rings (SSSR count). The monoisotopic (exact) mass is 172 g/mol. The van der Waals surface area contributed by atoms with E-state index in [2.05, 4.69) is 14.7 Å². The van der Waals surface area contributed by atoms with Gasteiger partial charge < -0.3 is 11.1 Å². The van der Waals surface area contributed by atoms with Gasteiger partial charge in [0.05, 0.1) is 0 Å². The van der Waals surface area contributed by atoms with Gasteiger partial charge >= 0.3 is 0 Å². The molecule has 4 nitrogen and oxygen atoms in total. The summed E-state index contributed by atoms with van der Waals surface area (Å²) in [4.78, 5) is 4.14. The lowest BCUT2D eigenvalue weighted by Crippen LogP contribution is -2.24. The summed E-state index contributed by atoms with van der Waals surface area (Å²) in [5, 5.41) is 3.98. The van der Waals surface area contributed by atoms with Crippen LogP contribution in [-0.2, 0) is 0 Å². The minimum atomic E-state index is 0.266. The summed E-state index contributed by atoms with van der Waals surface area (Å²) < 4.78 is 4.03. The Balaban J connectivity index is 2.50. The molecule has 0 aliphatic carbocycles. The van der Waals surface area contributed by atoms with E-state index in [4.69, 9.17) is 5.73 Å². The number of anilines is 1. The van der Waals surface area contributed by atoms with Crippen LogP contribution in [0.15, 0.2) is 0 Å². The molecule has 0 fully saturated rings. The summed E-state index contributed by atoms with van der Waals surface area (Å²) in [7, 11) is 0. The zero-order valence-electron chi connectivity index (χ0n) is 6.66. The van der Waals surface area contributed by atoms with Gasteiger partial charge in [-0.25, -0.2) is 4.98 Å². The summed E-state index contributed by atoms with van der Waals surface area (Å²) in [6.07, 6.45) is 0. The topological polar surface area (TPSA) is 63.8 Å². The Bertz CT molecular complexity index is 222. The third-order valence-electron chi connectivity index (χ3n) is 1.25. The van der Waals surface area contributed by atoms with Crippen LogP contribution in [0.3, 0.4) is 0 Å². The predicted octanol–water partition coefficient (Wildman–Crippen LogP) is 0.606. The van der Waals surface area contributed by atoms with Crippen molar-refractivity contribution in [1.29, 1.82) is 0 Å². The van der Waals surface area contributed by atoms with Crippen LogP contribution in [0.4, 0.5) is 5.13 Å². The normalized spacial score (nSPS) is 13.0. The molecule has 0 amide bonds. The molecule has 0 radical (unpaired) electrons. The molecule has 0 spiro atoms. The zero-order chi connectivity index (χ0) is 8.27. The molecule has 5 heteroatoms. The van der Waals surface area contributed by atoms with Crippen LogP contribution in [0, 0.1) is 6.92 Å². The predicted molar refractivity (Wildman–Crippen MR) is 46.8 cm³/mol. The fourth-order valence-corrected chi connectivity index (χ4v) is 1.31. The average molecular weight is 172 g/mol. The molecule has 0 aromatic carbocycles. The van der Waals surface area contributed by atoms with Crippen molar-refractivity contribution in [1.82, 2.24) is 9.36 Å². The lowest BCUT2D eigenvalue weighted by atomic mass is 10.4. The van der Waals surface area contributed by atoms with E-state index in [9.17, 15) is 0 Å². The van der Waals surface area contributed by atoms with E-state index in [1.807, 2.05) is 13.8 Å². The quantitative estimate of drug-likeness (QED) is 0.701. The van der Waals surface area contributed by atoms with Crippen molar-refractivity contribution >= 4 is 16.7 Å². The fraction of sp³-hybridized carbons (Fsp3) is 0.667. The maximum Gasteiger partial charge on any atom is 0.202 e. The second-order valence-corrected chi connectivity index (χ2v) is 3.18. The minimum absolute atomic E-state index is 0.266. The van der Waals surface area contributed by atoms with E-state index in [1.165, 1.54) is 11.5 Å². The Hall–Kier alpha value is -0.680. The van der Waals surface area contributed by atoms with E-state index in [0.717, 1.165) is 11.0 Å². The Morgan fingerprint density at radius 2 is 2.45 bits per heavy atom. The van der Waals surface area contributed by atoms with Crippen LogP contribution < -0.4 is 11.1 Å². The lowest BCUT2D eigenvalue weighted by Gasteiger charge is -2.07. The highest BCUT2D eigenvalue weighted by molar-refractivity contribution is 7.09. The van der Waals surface area contributed by atoms with Crippen molar-refractivity contribution in [3.05, 3.63) is 5.82 Å². The second kappa shape index (κ2) is 3.64. The largest absolute Gasteiger partial charge is 0.357 e. The number of rotatable bonds is 3. The summed E-state index contributed by atoms with van der Waals surface area (Å²) in [5.74, 6) is 0.807. The number of hydrogen-bond acceptors (Lipinski definition) is 5. The summed E-state index contributed by atoms with van der Waals surface area (Å²) >= 11 is 1.37. The van der Waals surface area contributed by atoms with Gasteiger partial charge in [0.1, 0.15) is 5.82 Å². The van der Waals surface area contributed by atoms with Gasteiger partial charge in [-0.2, -0.15) is 4.37 Å². The third kappa shape index (κ3) is 2.44. The van der Waals surface area contributed by atoms with E-state index in [0.29, 0.717) is 6.54 Å². The van der Waals surface area contributed by atoms with E-state index in [1.54, 1.807) is 0 Å². The van der Waals surface area contributed by atoms with Gasteiger partial charge in [-0.05, 0) is 13.8 Å². The van der Waals surface area contributed by atoms with Crippen LogP contribution in [0.25, 0.3) is 0 Å². The molecule has 0 saturated heterocycles. The third-order valence-corrected chi connectivity index (χ3v) is 1.99. The Kier molecular flexibility index (Phi) is 2.78. The first-order chi connectivity index (χ1) is 5.22. The van der Waals surface area contributed by atoms with Gasteiger partial charge in [-0.1, -0.05) is 0 Å².